The molecule has 0 fully saturated rings. The molecule has 160 valence electrons. The summed E-state index contributed by atoms with van der Waals surface area (Å²) >= 11 is 12.6. The zero-order chi connectivity index (χ0) is 22.4. The molecule has 3 rings (SSSR count). The molecule has 0 spiro atoms. The lowest BCUT2D eigenvalue weighted by Crippen LogP contribution is -2.22. The number of nitro benzene ring substituents is 1. The van der Waals surface area contributed by atoms with Crippen molar-refractivity contribution in [1.29, 1.82) is 0 Å². The van der Waals surface area contributed by atoms with Gasteiger partial charge < -0.3 is 14.5 Å². The molecule has 13 heteroatoms. The first kappa shape index (κ1) is 22.5. The molecule has 0 unspecified atom stereocenters. The normalized spacial score (nSPS) is 10.5. The molecule has 1 aromatic heterocycles. The van der Waals surface area contributed by atoms with Crippen LogP contribution >= 0.6 is 35.0 Å². The van der Waals surface area contributed by atoms with Gasteiger partial charge >= 0.3 is 5.97 Å². The first-order valence-corrected chi connectivity index (χ1v) is 10.2. The Labute approximate surface area is 189 Å². The van der Waals surface area contributed by atoms with Crippen LogP contribution in [-0.4, -0.2) is 39.4 Å². The third-order valence-corrected chi connectivity index (χ3v) is 4.88. The number of amides is 1. The third-order valence-electron chi connectivity index (χ3n) is 3.60. The van der Waals surface area contributed by atoms with Gasteiger partial charge in [0.2, 0.25) is 5.89 Å². The van der Waals surface area contributed by atoms with Gasteiger partial charge in [-0.1, -0.05) is 35.0 Å². The average Bonchev–Trinajstić information content (AvgIpc) is 3.20. The van der Waals surface area contributed by atoms with Crippen molar-refractivity contribution >= 4 is 58.2 Å². The predicted octanol–water partition coefficient (Wildman–Crippen LogP) is 4.23. The topological polar surface area (TPSA) is 137 Å². The molecular weight excluding hydrogens is 471 g/mol. The van der Waals surface area contributed by atoms with Gasteiger partial charge in [0.25, 0.3) is 16.8 Å². The van der Waals surface area contributed by atoms with Gasteiger partial charge in [-0.2, -0.15) is 0 Å². The highest BCUT2D eigenvalue weighted by Gasteiger charge is 2.18. The molecule has 0 aliphatic heterocycles. The number of aromatic nitrogens is 2. The molecule has 0 atom stereocenters. The summed E-state index contributed by atoms with van der Waals surface area (Å²) in [4.78, 5) is 34.1. The molecule has 0 saturated carbocycles. The number of hydrogen-bond acceptors (Lipinski definition) is 9. The van der Waals surface area contributed by atoms with Crippen LogP contribution in [0.4, 0.5) is 11.4 Å². The van der Waals surface area contributed by atoms with E-state index in [1.54, 1.807) is 24.3 Å². The highest BCUT2D eigenvalue weighted by Crippen LogP contribution is 2.27. The van der Waals surface area contributed by atoms with Gasteiger partial charge in [-0.05, 0) is 36.4 Å². The lowest BCUT2D eigenvalue weighted by Gasteiger charge is -2.07. The smallest absolute Gasteiger partial charge is 0.316 e. The molecule has 0 aliphatic rings. The highest BCUT2D eigenvalue weighted by molar-refractivity contribution is 7.99. The van der Waals surface area contributed by atoms with E-state index in [-0.39, 0.29) is 33.3 Å². The minimum absolute atomic E-state index is 0.103. The average molecular weight is 483 g/mol. The van der Waals surface area contributed by atoms with Crippen LogP contribution in [0.5, 0.6) is 0 Å². The zero-order valence-corrected chi connectivity index (χ0v) is 17.7. The summed E-state index contributed by atoms with van der Waals surface area (Å²) in [6.07, 6.45) is 0. The zero-order valence-electron chi connectivity index (χ0n) is 15.4. The SMILES string of the molecule is O=C(COC(=O)CSc1nnc(-c2ccc(Cl)cc2)o1)Nc1cc(Cl)ccc1[N+](=O)[O-]. The van der Waals surface area contributed by atoms with Crippen molar-refractivity contribution in [2.75, 3.05) is 17.7 Å². The van der Waals surface area contributed by atoms with Crippen molar-refractivity contribution in [3.8, 4) is 11.5 Å². The number of halogens is 2. The van der Waals surface area contributed by atoms with E-state index in [1.807, 2.05) is 0 Å². The molecule has 0 bridgehead atoms. The van der Waals surface area contributed by atoms with Crippen molar-refractivity contribution in [2.24, 2.45) is 0 Å². The van der Waals surface area contributed by atoms with Crippen LogP contribution in [0.25, 0.3) is 11.5 Å². The molecule has 2 aromatic carbocycles. The van der Waals surface area contributed by atoms with Gasteiger partial charge in [0.05, 0.1) is 4.92 Å². The molecule has 0 radical (unpaired) electrons. The summed E-state index contributed by atoms with van der Waals surface area (Å²) in [5, 5.41) is 21.9. The predicted molar refractivity (Wildman–Crippen MR) is 113 cm³/mol. The number of hydrogen-bond donors (Lipinski definition) is 1. The molecule has 0 aliphatic carbocycles. The van der Waals surface area contributed by atoms with Crippen LogP contribution in [0.1, 0.15) is 0 Å². The Balaban J connectivity index is 1.48. The van der Waals surface area contributed by atoms with Gasteiger partial charge in [0.15, 0.2) is 6.61 Å². The number of carbonyl (C=O) groups is 2. The molecule has 10 nitrogen and oxygen atoms in total. The van der Waals surface area contributed by atoms with Gasteiger partial charge in [0, 0.05) is 21.7 Å². The molecule has 1 amide bonds. The number of carbonyl (C=O) groups excluding carboxylic acids is 2. The number of anilines is 1. The monoisotopic (exact) mass is 482 g/mol. The van der Waals surface area contributed by atoms with E-state index in [9.17, 15) is 19.7 Å². The number of benzene rings is 2. The van der Waals surface area contributed by atoms with E-state index >= 15 is 0 Å². The van der Waals surface area contributed by atoms with E-state index in [4.69, 9.17) is 32.4 Å². The van der Waals surface area contributed by atoms with E-state index < -0.39 is 23.4 Å². The van der Waals surface area contributed by atoms with Crippen molar-refractivity contribution in [3.63, 3.8) is 0 Å². The number of ether oxygens (including phenoxy) is 1. The number of nitrogens with one attached hydrogen (secondary N) is 1. The Bertz CT molecular complexity index is 1120. The van der Waals surface area contributed by atoms with Gasteiger partial charge in [-0.15, -0.1) is 10.2 Å². The van der Waals surface area contributed by atoms with Crippen molar-refractivity contribution in [2.45, 2.75) is 5.22 Å². The Morgan fingerprint density at radius 1 is 1.13 bits per heavy atom. The summed E-state index contributed by atoms with van der Waals surface area (Å²) < 4.78 is 10.3. The van der Waals surface area contributed by atoms with E-state index in [0.29, 0.717) is 10.6 Å². The van der Waals surface area contributed by atoms with Crippen LogP contribution in [0.3, 0.4) is 0 Å². The first-order valence-electron chi connectivity index (χ1n) is 8.43. The maximum Gasteiger partial charge on any atom is 0.316 e. The second-order valence-corrected chi connectivity index (χ2v) is 7.60. The Hall–Kier alpha value is -3.15. The van der Waals surface area contributed by atoms with Crippen LogP contribution < -0.4 is 5.32 Å². The van der Waals surface area contributed by atoms with Crippen molar-refractivity contribution < 1.29 is 23.7 Å². The fourth-order valence-corrected chi connectivity index (χ4v) is 3.10. The van der Waals surface area contributed by atoms with Crippen LogP contribution in [-0.2, 0) is 14.3 Å². The quantitative estimate of drug-likeness (QED) is 0.216. The largest absolute Gasteiger partial charge is 0.455 e. The van der Waals surface area contributed by atoms with Crippen molar-refractivity contribution in [1.82, 2.24) is 10.2 Å². The number of nitrogens with zero attached hydrogens (tertiary/aromatic N) is 3. The Morgan fingerprint density at radius 2 is 1.84 bits per heavy atom. The number of thioether (sulfide) groups is 1. The van der Waals surface area contributed by atoms with Gasteiger partial charge in [-0.25, -0.2) is 0 Å². The third kappa shape index (κ3) is 6.41. The Kier molecular flexibility index (Phi) is 7.45. The summed E-state index contributed by atoms with van der Waals surface area (Å²) in [7, 11) is 0. The molecule has 1 N–H and O–H groups in total. The lowest BCUT2D eigenvalue weighted by atomic mass is 10.2. The minimum atomic E-state index is -0.758. The second-order valence-electron chi connectivity index (χ2n) is 5.80. The number of rotatable bonds is 8. The van der Waals surface area contributed by atoms with Crippen molar-refractivity contribution in [3.05, 3.63) is 62.6 Å². The van der Waals surface area contributed by atoms with E-state index in [1.165, 1.54) is 12.1 Å². The maximum atomic E-state index is 12.0. The van der Waals surface area contributed by atoms with Gasteiger partial charge in [-0.3, -0.25) is 19.7 Å². The van der Waals surface area contributed by atoms with Gasteiger partial charge in [0.1, 0.15) is 11.4 Å². The molecule has 1 heterocycles. The fourth-order valence-electron chi connectivity index (χ4n) is 2.24. The summed E-state index contributed by atoms with van der Waals surface area (Å²) in [6.45, 7) is -0.636. The molecular formula is C18H12Cl2N4O6S. The number of esters is 1. The fraction of sp³-hybridized carbons (Fsp3) is 0.111. The summed E-state index contributed by atoms with van der Waals surface area (Å²) in [5.41, 5.74) is 0.221. The summed E-state index contributed by atoms with van der Waals surface area (Å²) in [5.74, 6) is -1.40. The lowest BCUT2D eigenvalue weighted by molar-refractivity contribution is -0.383. The Morgan fingerprint density at radius 3 is 2.55 bits per heavy atom. The van der Waals surface area contributed by atoms with Crippen LogP contribution in [0.2, 0.25) is 10.0 Å². The van der Waals surface area contributed by atoms with Crippen LogP contribution in [0, 0.1) is 10.1 Å². The molecule has 0 saturated heterocycles. The number of nitro groups is 1. The first-order chi connectivity index (χ1) is 14.8. The standard InChI is InChI=1S/C18H12Cl2N4O6S/c19-11-3-1-10(2-4-11)17-22-23-18(30-17)31-9-16(26)29-8-15(25)21-13-7-12(20)5-6-14(13)24(27)28/h1-7H,8-9H2,(H,21,25). The van der Waals surface area contributed by atoms with Crippen LogP contribution in [0.15, 0.2) is 52.1 Å². The molecule has 3 aromatic rings. The van der Waals surface area contributed by atoms with E-state index in [2.05, 4.69) is 15.5 Å². The second kappa shape index (κ2) is 10.2. The highest BCUT2D eigenvalue weighted by atomic mass is 35.5. The molecule has 31 heavy (non-hydrogen) atoms. The minimum Gasteiger partial charge on any atom is -0.455 e. The van der Waals surface area contributed by atoms with E-state index in [0.717, 1.165) is 17.8 Å². The summed E-state index contributed by atoms with van der Waals surface area (Å²) in [6, 6.07) is 10.5. The maximum absolute atomic E-state index is 12.0.